The largest absolute Gasteiger partial charge is 0.490 e. The molecule has 1 aliphatic heterocycles. The summed E-state index contributed by atoms with van der Waals surface area (Å²) in [6, 6.07) is 13.8. The average molecular weight is 439 g/mol. The highest BCUT2D eigenvalue weighted by atomic mass is 16.5. The number of amides is 2. The van der Waals surface area contributed by atoms with E-state index in [-0.39, 0.29) is 12.6 Å². The van der Waals surface area contributed by atoms with Gasteiger partial charge in [0.1, 0.15) is 6.61 Å². The van der Waals surface area contributed by atoms with Crippen molar-refractivity contribution in [3.63, 3.8) is 0 Å². The number of unbranched alkanes of at least 4 members (excludes halogenated alkanes) is 1. The molecular weight excluding hydrogens is 408 g/mol. The molecule has 1 atom stereocenters. The maximum atomic E-state index is 13.0. The molecule has 0 saturated heterocycles. The number of hydrogen-bond acceptors (Lipinski definition) is 5. The van der Waals surface area contributed by atoms with Gasteiger partial charge < -0.3 is 24.8 Å². The fraction of sp³-hybridized carbons (Fsp3) is 0.360. The summed E-state index contributed by atoms with van der Waals surface area (Å²) in [6.07, 6.45) is 1.97. The van der Waals surface area contributed by atoms with Crippen LogP contribution >= 0.6 is 0 Å². The van der Waals surface area contributed by atoms with Crippen molar-refractivity contribution in [3.05, 3.63) is 70.9 Å². The zero-order valence-corrected chi connectivity index (χ0v) is 18.8. The predicted octanol–water partition coefficient (Wildman–Crippen LogP) is 4.64. The van der Waals surface area contributed by atoms with Gasteiger partial charge in [0.05, 0.1) is 24.8 Å². The molecule has 1 unspecified atom stereocenters. The van der Waals surface area contributed by atoms with Crippen molar-refractivity contribution < 1.29 is 23.8 Å². The highest BCUT2D eigenvalue weighted by molar-refractivity contribution is 5.95. The lowest BCUT2D eigenvalue weighted by atomic mass is 9.95. The van der Waals surface area contributed by atoms with Gasteiger partial charge in [0.2, 0.25) is 0 Å². The molecule has 0 aromatic heterocycles. The summed E-state index contributed by atoms with van der Waals surface area (Å²) in [5, 5.41) is 5.49. The third-order valence-electron chi connectivity index (χ3n) is 5.06. The van der Waals surface area contributed by atoms with Gasteiger partial charge in [0.15, 0.2) is 11.5 Å². The number of carbonyl (C=O) groups excluding carboxylic acids is 2. The summed E-state index contributed by atoms with van der Waals surface area (Å²) < 4.78 is 17.2. The summed E-state index contributed by atoms with van der Waals surface area (Å²) in [7, 11) is 0. The molecule has 2 aromatic rings. The smallest absolute Gasteiger partial charge is 0.338 e. The van der Waals surface area contributed by atoms with E-state index in [9.17, 15) is 9.59 Å². The molecule has 0 bridgehead atoms. The standard InChI is InChI=1S/C25H30N2O5/c1-4-6-14-31-20-13-12-19(15-21(20)30-5-2)23-22(17(3)26-25(29)27-23)24(28)32-16-18-10-8-7-9-11-18/h7-13,15,23H,4-6,14,16H2,1-3H3,(H2,26,27,29). The Morgan fingerprint density at radius 1 is 1.03 bits per heavy atom. The highest BCUT2D eigenvalue weighted by Crippen LogP contribution is 2.35. The van der Waals surface area contributed by atoms with Crippen LogP contribution < -0.4 is 20.1 Å². The first-order valence-electron chi connectivity index (χ1n) is 10.9. The Hall–Kier alpha value is -3.48. The molecule has 32 heavy (non-hydrogen) atoms. The SMILES string of the molecule is CCCCOc1ccc(C2NC(=O)NC(C)=C2C(=O)OCc2ccccc2)cc1OCC. The van der Waals surface area contributed by atoms with Crippen LogP contribution in [0.4, 0.5) is 4.79 Å². The number of urea groups is 1. The number of ether oxygens (including phenoxy) is 3. The molecule has 7 heteroatoms. The van der Waals surface area contributed by atoms with Crippen LogP contribution in [0.2, 0.25) is 0 Å². The number of carbonyl (C=O) groups is 2. The van der Waals surface area contributed by atoms with Crippen molar-refractivity contribution in [1.29, 1.82) is 0 Å². The minimum atomic E-state index is -0.670. The van der Waals surface area contributed by atoms with Crippen LogP contribution in [0.25, 0.3) is 0 Å². The normalized spacial score (nSPS) is 15.6. The van der Waals surface area contributed by atoms with E-state index < -0.39 is 12.0 Å². The Morgan fingerprint density at radius 2 is 1.81 bits per heavy atom. The summed E-state index contributed by atoms with van der Waals surface area (Å²) in [4.78, 5) is 25.2. The number of allylic oxidation sites excluding steroid dienone is 1. The van der Waals surface area contributed by atoms with Crippen molar-refractivity contribution in [2.45, 2.75) is 46.3 Å². The first-order valence-corrected chi connectivity index (χ1v) is 10.9. The lowest BCUT2D eigenvalue weighted by Gasteiger charge is -2.28. The Labute approximate surface area is 188 Å². The first kappa shape index (κ1) is 23.2. The molecule has 1 heterocycles. The fourth-order valence-electron chi connectivity index (χ4n) is 3.43. The van der Waals surface area contributed by atoms with E-state index in [1.54, 1.807) is 13.0 Å². The molecule has 0 aliphatic carbocycles. The third kappa shape index (κ3) is 5.81. The summed E-state index contributed by atoms with van der Waals surface area (Å²) in [6.45, 7) is 6.89. The molecule has 0 spiro atoms. The third-order valence-corrected chi connectivity index (χ3v) is 5.06. The van der Waals surface area contributed by atoms with Crippen molar-refractivity contribution in [3.8, 4) is 11.5 Å². The second kappa shape index (κ2) is 11.2. The topological polar surface area (TPSA) is 85.9 Å². The fourth-order valence-corrected chi connectivity index (χ4v) is 3.43. The van der Waals surface area contributed by atoms with Crippen molar-refractivity contribution >= 4 is 12.0 Å². The van der Waals surface area contributed by atoms with Gasteiger partial charge in [0.25, 0.3) is 0 Å². The molecule has 3 rings (SSSR count). The monoisotopic (exact) mass is 438 g/mol. The molecule has 0 fully saturated rings. The van der Waals surface area contributed by atoms with E-state index in [1.807, 2.05) is 49.4 Å². The van der Waals surface area contributed by atoms with Gasteiger partial charge in [-0.25, -0.2) is 9.59 Å². The van der Waals surface area contributed by atoms with E-state index in [2.05, 4.69) is 17.6 Å². The lowest BCUT2D eigenvalue weighted by Crippen LogP contribution is -2.45. The second-order valence-electron chi connectivity index (χ2n) is 7.47. The number of hydrogen-bond donors (Lipinski definition) is 2. The van der Waals surface area contributed by atoms with Crippen LogP contribution in [0.15, 0.2) is 59.8 Å². The molecule has 0 radical (unpaired) electrons. The molecule has 2 aromatic carbocycles. The number of nitrogens with one attached hydrogen (secondary N) is 2. The lowest BCUT2D eigenvalue weighted by molar-refractivity contribution is -0.140. The van der Waals surface area contributed by atoms with E-state index in [0.717, 1.165) is 18.4 Å². The zero-order valence-electron chi connectivity index (χ0n) is 18.8. The molecule has 1 aliphatic rings. The Morgan fingerprint density at radius 3 is 2.53 bits per heavy atom. The number of esters is 1. The van der Waals surface area contributed by atoms with Crippen LogP contribution in [-0.2, 0) is 16.1 Å². The number of benzene rings is 2. The van der Waals surface area contributed by atoms with Gasteiger partial charge in [0, 0.05) is 5.70 Å². The van der Waals surface area contributed by atoms with Crippen LogP contribution in [0.5, 0.6) is 11.5 Å². The van der Waals surface area contributed by atoms with E-state index in [1.165, 1.54) is 0 Å². The zero-order chi connectivity index (χ0) is 22.9. The van der Waals surface area contributed by atoms with Gasteiger partial charge in [-0.2, -0.15) is 0 Å². The van der Waals surface area contributed by atoms with Crippen LogP contribution in [-0.4, -0.2) is 25.2 Å². The summed E-state index contributed by atoms with van der Waals surface area (Å²) >= 11 is 0. The maximum Gasteiger partial charge on any atom is 0.338 e. The molecule has 2 amide bonds. The Balaban J connectivity index is 1.86. The Bertz CT molecular complexity index is 972. The molecule has 2 N–H and O–H groups in total. The Kier molecular flexibility index (Phi) is 8.14. The van der Waals surface area contributed by atoms with Gasteiger partial charge >= 0.3 is 12.0 Å². The first-order chi connectivity index (χ1) is 15.5. The van der Waals surface area contributed by atoms with E-state index >= 15 is 0 Å². The van der Waals surface area contributed by atoms with Gasteiger partial charge in [-0.3, -0.25) is 0 Å². The molecule has 170 valence electrons. The van der Waals surface area contributed by atoms with Crippen LogP contribution in [0.1, 0.15) is 50.8 Å². The van der Waals surface area contributed by atoms with E-state index in [0.29, 0.717) is 41.5 Å². The van der Waals surface area contributed by atoms with Crippen molar-refractivity contribution in [1.82, 2.24) is 10.6 Å². The highest BCUT2D eigenvalue weighted by Gasteiger charge is 2.32. The molecular formula is C25H30N2O5. The van der Waals surface area contributed by atoms with Gasteiger partial charge in [-0.15, -0.1) is 0 Å². The average Bonchev–Trinajstić information content (AvgIpc) is 2.79. The van der Waals surface area contributed by atoms with Gasteiger partial charge in [-0.1, -0.05) is 49.7 Å². The number of rotatable bonds is 10. The maximum absolute atomic E-state index is 13.0. The quantitative estimate of drug-likeness (QED) is 0.417. The van der Waals surface area contributed by atoms with Crippen molar-refractivity contribution in [2.75, 3.05) is 13.2 Å². The predicted molar refractivity (Wildman–Crippen MR) is 121 cm³/mol. The summed E-state index contributed by atoms with van der Waals surface area (Å²) in [5.41, 5.74) is 2.40. The molecule has 7 nitrogen and oxygen atoms in total. The minimum absolute atomic E-state index is 0.144. The minimum Gasteiger partial charge on any atom is -0.490 e. The van der Waals surface area contributed by atoms with Gasteiger partial charge in [-0.05, 0) is 43.5 Å². The summed E-state index contributed by atoms with van der Waals surface area (Å²) in [5.74, 6) is 0.715. The van der Waals surface area contributed by atoms with Crippen LogP contribution in [0, 0.1) is 0 Å². The van der Waals surface area contributed by atoms with Crippen molar-refractivity contribution in [2.24, 2.45) is 0 Å². The molecule has 0 saturated carbocycles. The van der Waals surface area contributed by atoms with E-state index in [4.69, 9.17) is 14.2 Å². The second-order valence-corrected chi connectivity index (χ2v) is 7.47. The van der Waals surface area contributed by atoms with Crippen LogP contribution in [0.3, 0.4) is 0 Å².